The summed E-state index contributed by atoms with van der Waals surface area (Å²) in [7, 11) is 2.00. The molecule has 2 nitrogen and oxygen atoms in total. The average molecular weight is 402 g/mol. The minimum Gasteiger partial charge on any atom is -1.00 e. The number of hydrogen-bond acceptors (Lipinski definition) is 2. The molecular weight excluding hydrogens is 394 g/mol. The van der Waals surface area contributed by atoms with Crippen molar-refractivity contribution in [3.63, 3.8) is 0 Å². The van der Waals surface area contributed by atoms with E-state index in [9.17, 15) is 0 Å². The van der Waals surface area contributed by atoms with Gasteiger partial charge in [-0.1, -0.05) is 0 Å². The van der Waals surface area contributed by atoms with Gasteiger partial charge in [0.25, 0.3) is 0 Å². The quantitative estimate of drug-likeness (QED) is 0.396. The molecule has 0 radical (unpaired) electrons. The summed E-state index contributed by atoms with van der Waals surface area (Å²) in [6.45, 7) is 0. The largest absolute Gasteiger partial charge is 1.00 e. The molecule has 0 rings (SSSR count). The maximum atomic E-state index is 7.00. The third-order valence-corrected chi connectivity index (χ3v) is 0. The number of halogens is 2. The summed E-state index contributed by atoms with van der Waals surface area (Å²) in [6.07, 6.45) is 0. The first-order valence-corrected chi connectivity index (χ1v) is 0.894. The predicted molar refractivity (Wildman–Crippen MR) is 16.3 cm³/mol. The molecule has 0 aromatic rings. The summed E-state index contributed by atoms with van der Waals surface area (Å²) in [5, 5.41) is 14.0. The van der Waals surface area contributed by atoms with Crippen molar-refractivity contribution in [2.45, 2.75) is 0 Å². The van der Waals surface area contributed by atoms with Gasteiger partial charge >= 0.3 is 0 Å². The average Bonchev–Trinajstić information content (AvgIpc) is 1.50. The molecule has 0 aromatic carbocycles. The van der Waals surface area contributed by atoms with Gasteiger partial charge in [0.15, 0.2) is 0 Å². The van der Waals surface area contributed by atoms with Gasteiger partial charge in [-0.05, 0) is 0 Å². The third-order valence-electron chi connectivity index (χ3n) is 0. The Labute approximate surface area is 83.6 Å². The van der Waals surface area contributed by atoms with Gasteiger partial charge in [-0.15, -0.1) is 0 Å². The first-order chi connectivity index (χ1) is 2.00. The fourth-order valence-electron chi connectivity index (χ4n) is 0. The van der Waals surface area contributed by atoms with Crippen LogP contribution in [-0.2, 0) is 25.8 Å². The van der Waals surface area contributed by atoms with Crippen LogP contribution in [0.4, 0.5) is 0 Å². The van der Waals surface area contributed by atoms with E-state index in [1.54, 1.807) is 0 Å². The van der Waals surface area contributed by atoms with E-state index in [1.165, 1.54) is 0 Å². The van der Waals surface area contributed by atoms with Gasteiger partial charge in [0, 0.05) is 40.1 Å². The van der Waals surface area contributed by atoms with Crippen LogP contribution in [0.3, 0.4) is 0 Å². The van der Waals surface area contributed by atoms with Gasteiger partial charge < -0.3 is 44.2 Å². The molecule has 0 aromatic heterocycles. The maximum absolute atomic E-state index is 7.00. The minimum atomic E-state index is 0. The number of rotatable bonds is 0. The molecule has 0 saturated carbocycles. The predicted octanol–water partition coefficient (Wildman–Crippen LogP) is -6.78. The normalized spacial score (nSPS) is 1.71. The van der Waals surface area contributed by atoms with Crippen LogP contribution in [0.15, 0.2) is 0 Å². The number of aliphatic hydroxyl groups excluding tert-OH is 2. The van der Waals surface area contributed by atoms with Crippen molar-refractivity contribution in [2.75, 3.05) is 14.2 Å². The Hall–Kier alpha value is 1.75. The van der Waals surface area contributed by atoms with E-state index in [4.69, 9.17) is 10.2 Å². The summed E-state index contributed by atoms with van der Waals surface area (Å²) in [4.78, 5) is 0. The molecule has 0 aliphatic carbocycles. The third kappa shape index (κ3) is 83.7. The maximum Gasteiger partial charge on any atom is 0.0319 e. The fourth-order valence-corrected chi connectivity index (χ4v) is 0. The Kier molecular flexibility index (Phi) is 616. The molecule has 5 heteroatoms. The molecule has 2 N–H and O–H groups in total. The van der Waals surface area contributed by atoms with Crippen molar-refractivity contribution in [3.8, 4) is 0 Å². The molecule has 0 amide bonds. The standard InChI is InChI=1S/2CH4O.2BrH.Hf/c2*1-2;;;/h2*2H,1H3;2*1H;/p-2. The van der Waals surface area contributed by atoms with Crippen molar-refractivity contribution < 1.29 is 70.0 Å². The minimum absolute atomic E-state index is 0. The molecule has 7 heavy (non-hydrogen) atoms. The molecule has 0 heterocycles. The van der Waals surface area contributed by atoms with Gasteiger partial charge in [-0.25, -0.2) is 0 Å². The molecule has 0 unspecified atom stereocenters. The van der Waals surface area contributed by atoms with Crippen molar-refractivity contribution in [2.24, 2.45) is 0 Å². The first kappa shape index (κ1) is 37.4. The van der Waals surface area contributed by atoms with Crippen LogP contribution in [0, 0.1) is 0 Å². The monoisotopic (exact) mass is 402 g/mol. The Balaban J connectivity index is -0.00000000267. The smallest absolute Gasteiger partial charge is 0.0319 e. The molecular formula is C2H8Br2HfO2-2. The zero-order valence-corrected chi connectivity index (χ0v) is 10.9. The van der Waals surface area contributed by atoms with Gasteiger partial charge in [0.2, 0.25) is 0 Å². The van der Waals surface area contributed by atoms with E-state index >= 15 is 0 Å². The molecule has 0 aliphatic rings. The zero-order valence-electron chi connectivity index (χ0n) is 4.15. The van der Waals surface area contributed by atoms with E-state index in [0.717, 1.165) is 14.2 Å². The van der Waals surface area contributed by atoms with Crippen LogP contribution < -0.4 is 34.0 Å². The molecule has 0 aliphatic heterocycles. The molecule has 0 fully saturated rings. The summed E-state index contributed by atoms with van der Waals surface area (Å²) >= 11 is 0. The van der Waals surface area contributed by atoms with Crippen LogP contribution >= 0.6 is 0 Å². The van der Waals surface area contributed by atoms with Gasteiger partial charge in [-0.2, -0.15) is 0 Å². The second-order valence-electron chi connectivity index (χ2n) is 0. The second kappa shape index (κ2) is 115. The van der Waals surface area contributed by atoms with Crippen LogP contribution in [0.1, 0.15) is 0 Å². The second-order valence-corrected chi connectivity index (χ2v) is 0. The Morgan fingerprint density at radius 1 is 0.714 bits per heavy atom. The Morgan fingerprint density at radius 2 is 0.714 bits per heavy atom. The van der Waals surface area contributed by atoms with Crippen LogP contribution in [-0.4, -0.2) is 24.4 Å². The van der Waals surface area contributed by atoms with Crippen molar-refractivity contribution in [3.05, 3.63) is 0 Å². The SMILES string of the molecule is CO.CO.[Br-].[Br-].[Hf]. The van der Waals surface area contributed by atoms with Crippen molar-refractivity contribution >= 4 is 0 Å². The van der Waals surface area contributed by atoms with E-state index in [1.807, 2.05) is 0 Å². The molecule has 0 atom stereocenters. The summed E-state index contributed by atoms with van der Waals surface area (Å²) < 4.78 is 0. The van der Waals surface area contributed by atoms with Crippen LogP contribution in [0.2, 0.25) is 0 Å². The Bertz CT molecular complexity index is 13.7. The summed E-state index contributed by atoms with van der Waals surface area (Å²) in [5.74, 6) is 0. The summed E-state index contributed by atoms with van der Waals surface area (Å²) in [5.41, 5.74) is 0. The fraction of sp³-hybridized carbons (Fsp3) is 1.00. The van der Waals surface area contributed by atoms with Gasteiger partial charge in [0.1, 0.15) is 0 Å². The van der Waals surface area contributed by atoms with E-state index in [-0.39, 0.29) is 59.8 Å². The van der Waals surface area contributed by atoms with Crippen LogP contribution in [0.5, 0.6) is 0 Å². The van der Waals surface area contributed by atoms with Gasteiger partial charge in [-0.3, -0.25) is 0 Å². The first-order valence-electron chi connectivity index (χ1n) is 0.894. The molecule has 48 valence electrons. The number of aliphatic hydroxyl groups is 2. The summed E-state index contributed by atoms with van der Waals surface area (Å²) in [6, 6.07) is 0. The van der Waals surface area contributed by atoms with Crippen molar-refractivity contribution in [1.29, 1.82) is 0 Å². The van der Waals surface area contributed by atoms with Crippen LogP contribution in [0.25, 0.3) is 0 Å². The van der Waals surface area contributed by atoms with Crippen molar-refractivity contribution in [1.82, 2.24) is 0 Å². The number of hydrogen-bond donors (Lipinski definition) is 2. The zero-order chi connectivity index (χ0) is 4.00. The Morgan fingerprint density at radius 3 is 0.714 bits per heavy atom. The molecule has 0 saturated heterocycles. The molecule has 0 bridgehead atoms. The topological polar surface area (TPSA) is 40.5 Å². The van der Waals surface area contributed by atoms with E-state index in [2.05, 4.69) is 0 Å². The van der Waals surface area contributed by atoms with E-state index in [0.29, 0.717) is 0 Å². The van der Waals surface area contributed by atoms with Gasteiger partial charge in [0.05, 0.1) is 0 Å². The molecule has 0 spiro atoms. The van der Waals surface area contributed by atoms with E-state index < -0.39 is 0 Å².